The van der Waals surface area contributed by atoms with Crippen molar-refractivity contribution in [1.29, 1.82) is 0 Å². The highest BCUT2D eigenvalue weighted by Crippen LogP contribution is 2.33. The number of ether oxygens (including phenoxy) is 2. The number of aromatic nitrogens is 5. The monoisotopic (exact) mass is 449 g/mol. The molecule has 2 heterocycles. The normalized spacial score (nSPS) is 10.9. The Labute approximate surface area is 179 Å². The molecule has 0 aliphatic rings. The van der Waals surface area contributed by atoms with Crippen LogP contribution >= 0.6 is 34.7 Å². The van der Waals surface area contributed by atoms with Gasteiger partial charge in [-0.15, -0.1) is 5.10 Å². The second-order valence-corrected chi connectivity index (χ2v) is 7.34. The molecule has 0 aliphatic heterocycles. The standard InChI is InChI=1S/C18H13Cl2N5O3S/c1-24-18(26)25(16(22-24)27-2)13-5-3-4-6-14(13)28-17-21-15(23-29-17)10-7-8-11(19)12(20)9-10/h3-9H,1-2H3. The maximum Gasteiger partial charge on any atom is 0.353 e. The molecule has 0 bridgehead atoms. The van der Waals surface area contributed by atoms with Crippen molar-refractivity contribution in [2.75, 3.05) is 7.11 Å². The number of nitrogens with zero attached hydrogens (tertiary/aromatic N) is 5. The molecule has 11 heteroatoms. The van der Waals surface area contributed by atoms with E-state index in [0.717, 1.165) is 11.5 Å². The van der Waals surface area contributed by atoms with Gasteiger partial charge < -0.3 is 9.47 Å². The Morgan fingerprint density at radius 3 is 2.66 bits per heavy atom. The van der Waals surface area contributed by atoms with E-state index in [9.17, 15) is 4.79 Å². The molecule has 2 aromatic heterocycles. The van der Waals surface area contributed by atoms with Gasteiger partial charge in [-0.05, 0) is 30.3 Å². The van der Waals surface area contributed by atoms with E-state index in [1.807, 2.05) is 0 Å². The highest BCUT2D eigenvalue weighted by atomic mass is 35.5. The lowest BCUT2D eigenvalue weighted by Crippen LogP contribution is -2.22. The lowest BCUT2D eigenvalue weighted by molar-refractivity contribution is 0.367. The van der Waals surface area contributed by atoms with Crippen LogP contribution in [0.2, 0.25) is 10.0 Å². The van der Waals surface area contributed by atoms with Crippen molar-refractivity contribution in [3.05, 3.63) is 63.0 Å². The van der Waals surface area contributed by atoms with Gasteiger partial charge in [-0.3, -0.25) is 0 Å². The fraction of sp³-hybridized carbons (Fsp3) is 0.111. The molecule has 4 aromatic rings. The molecule has 148 valence electrons. The largest absolute Gasteiger partial charge is 0.467 e. The second-order valence-electron chi connectivity index (χ2n) is 5.81. The van der Waals surface area contributed by atoms with E-state index in [4.69, 9.17) is 32.7 Å². The molecule has 8 nitrogen and oxygen atoms in total. The topological polar surface area (TPSA) is 84.1 Å². The van der Waals surface area contributed by atoms with E-state index in [1.54, 1.807) is 49.5 Å². The first kappa shape index (κ1) is 19.4. The van der Waals surface area contributed by atoms with Crippen molar-refractivity contribution in [2.45, 2.75) is 0 Å². The fourth-order valence-corrected chi connectivity index (χ4v) is 3.47. The summed E-state index contributed by atoms with van der Waals surface area (Å²) in [5, 5.41) is 5.22. The smallest absolute Gasteiger partial charge is 0.353 e. The van der Waals surface area contributed by atoms with Crippen molar-refractivity contribution >= 4 is 34.7 Å². The quantitative estimate of drug-likeness (QED) is 0.453. The van der Waals surface area contributed by atoms with Crippen LogP contribution in [0, 0.1) is 0 Å². The van der Waals surface area contributed by atoms with Gasteiger partial charge in [0.1, 0.15) is 0 Å². The van der Waals surface area contributed by atoms with E-state index in [2.05, 4.69) is 14.5 Å². The molecule has 29 heavy (non-hydrogen) atoms. The van der Waals surface area contributed by atoms with Crippen LogP contribution in [0.25, 0.3) is 17.1 Å². The number of para-hydroxylation sites is 2. The van der Waals surface area contributed by atoms with Crippen LogP contribution in [0.1, 0.15) is 0 Å². The Morgan fingerprint density at radius 1 is 1.10 bits per heavy atom. The molecule has 0 spiro atoms. The Hall–Kier alpha value is -2.88. The maximum atomic E-state index is 12.5. The van der Waals surface area contributed by atoms with E-state index >= 15 is 0 Å². The van der Waals surface area contributed by atoms with Gasteiger partial charge in [0.2, 0.25) is 0 Å². The molecule has 0 unspecified atom stereocenters. The van der Waals surface area contributed by atoms with Gasteiger partial charge in [-0.1, -0.05) is 35.3 Å². The number of methoxy groups -OCH3 is 1. The van der Waals surface area contributed by atoms with Crippen LogP contribution in [0.15, 0.2) is 47.3 Å². The Morgan fingerprint density at radius 2 is 1.90 bits per heavy atom. The van der Waals surface area contributed by atoms with Gasteiger partial charge in [0.15, 0.2) is 11.6 Å². The Bertz CT molecular complexity index is 1250. The average molecular weight is 450 g/mol. The predicted molar refractivity (Wildman–Crippen MR) is 111 cm³/mol. The number of benzene rings is 2. The average Bonchev–Trinajstić information content (AvgIpc) is 3.29. The van der Waals surface area contributed by atoms with Crippen LogP contribution < -0.4 is 15.2 Å². The van der Waals surface area contributed by atoms with Crippen LogP contribution in [-0.4, -0.2) is 30.8 Å². The maximum absolute atomic E-state index is 12.5. The lowest BCUT2D eigenvalue weighted by Gasteiger charge is -2.09. The van der Waals surface area contributed by atoms with Gasteiger partial charge in [0.25, 0.3) is 5.19 Å². The molecule has 0 saturated heterocycles. The van der Waals surface area contributed by atoms with E-state index in [0.29, 0.717) is 38.1 Å². The minimum absolute atomic E-state index is 0.141. The summed E-state index contributed by atoms with van der Waals surface area (Å²) >= 11 is 13.1. The van der Waals surface area contributed by atoms with Gasteiger partial charge in [-0.25, -0.2) is 14.0 Å². The van der Waals surface area contributed by atoms with Crippen molar-refractivity contribution in [3.63, 3.8) is 0 Å². The molecular formula is C18H13Cl2N5O3S. The summed E-state index contributed by atoms with van der Waals surface area (Å²) in [4.78, 5) is 16.9. The first-order valence-corrected chi connectivity index (χ1v) is 9.77. The SMILES string of the molecule is COc1nn(C)c(=O)n1-c1ccccc1Oc1nc(-c2ccc(Cl)c(Cl)c2)ns1. The van der Waals surface area contributed by atoms with Crippen molar-refractivity contribution in [3.8, 4) is 34.0 Å². The summed E-state index contributed by atoms with van der Waals surface area (Å²) in [6.07, 6.45) is 0. The molecule has 4 rings (SSSR count). The Kier molecular flexibility index (Phi) is 5.27. The zero-order valence-corrected chi connectivity index (χ0v) is 17.5. The van der Waals surface area contributed by atoms with Crippen LogP contribution in [0.4, 0.5) is 0 Å². The van der Waals surface area contributed by atoms with E-state index in [1.165, 1.54) is 16.4 Å². The highest BCUT2D eigenvalue weighted by Gasteiger charge is 2.19. The molecule has 2 aromatic carbocycles. The number of rotatable bonds is 5. The molecule has 0 saturated carbocycles. The van der Waals surface area contributed by atoms with Crippen molar-refractivity contribution in [2.24, 2.45) is 7.05 Å². The summed E-state index contributed by atoms with van der Waals surface area (Å²) in [6, 6.07) is 12.3. The third-order valence-corrected chi connectivity index (χ3v) is 5.30. The Balaban J connectivity index is 1.70. The predicted octanol–water partition coefficient (Wildman–Crippen LogP) is 4.20. The molecule has 0 atom stereocenters. The number of aryl methyl sites for hydroxylation is 1. The molecule has 0 radical (unpaired) electrons. The van der Waals surface area contributed by atoms with Crippen LogP contribution in [0.3, 0.4) is 0 Å². The van der Waals surface area contributed by atoms with E-state index < -0.39 is 0 Å². The molecule has 0 fully saturated rings. The molecular weight excluding hydrogens is 437 g/mol. The molecule has 0 aliphatic carbocycles. The van der Waals surface area contributed by atoms with E-state index in [-0.39, 0.29) is 11.7 Å². The van der Waals surface area contributed by atoms with Crippen molar-refractivity contribution < 1.29 is 9.47 Å². The minimum Gasteiger partial charge on any atom is -0.467 e. The van der Waals surface area contributed by atoms with Crippen LogP contribution in [0.5, 0.6) is 17.0 Å². The van der Waals surface area contributed by atoms with Crippen molar-refractivity contribution in [1.82, 2.24) is 23.7 Å². The van der Waals surface area contributed by atoms with Gasteiger partial charge in [-0.2, -0.15) is 9.36 Å². The number of hydrogen-bond acceptors (Lipinski definition) is 7. The highest BCUT2D eigenvalue weighted by molar-refractivity contribution is 7.07. The summed E-state index contributed by atoms with van der Waals surface area (Å²) in [7, 11) is 2.98. The summed E-state index contributed by atoms with van der Waals surface area (Å²) in [5.41, 5.74) is 0.810. The minimum atomic E-state index is -0.369. The molecule has 0 amide bonds. The summed E-state index contributed by atoms with van der Waals surface area (Å²) < 4.78 is 17.9. The first-order valence-electron chi connectivity index (χ1n) is 8.24. The lowest BCUT2D eigenvalue weighted by atomic mass is 10.2. The van der Waals surface area contributed by atoms with Gasteiger partial charge in [0.05, 0.1) is 22.8 Å². The summed E-state index contributed by atoms with van der Waals surface area (Å²) in [5.74, 6) is 0.856. The zero-order chi connectivity index (χ0) is 20.5. The van der Waals surface area contributed by atoms with Crippen LogP contribution in [-0.2, 0) is 7.05 Å². The van der Waals surface area contributed by atoms with Gasteiger partial charge >= 0.3 is 11.7 Å². The third kappa shape index (κ3) is 3.71. The van der Waals surface area contributed by atoms with Gasteiger partial charge in [0, 0.05) is 24.1 Å². The third-order valence-electron chi connectivity index (χ3n) is 3.97. The number of hydrogen-bond donors (Lipinski definition) is 0. The molecule has 0 N–H and O–H groups in total. The second kappa shape index (κ2) is 7.86. The fourth-order valence-electron chi connectivity index (χ4n) is 2.61. The first-order chi connectivity index (χ1) is 14.0. The zero-order valence-electron chi connectivity index (χ0n) is 15.2. The number of halogens is 2. The summed E-state index contributed by atoms with van der Waals surface area (Å²) in [6.45, 7) is 0.